The number of hydrogen-bond donors (Lipinski definition) is 2. The number of aromatic nitrogens is 3. The van der Waals surface area contributed by atoms with Gasteiger partial charge in [-0.1, -0.05) is 180 Å². The highest BCUT2D eigenvalue weighted by molar-refractivity contribution is 7.94. The van der Waals surface area contributed by atoms with Gasteiger partial charge in [0.1, 0.15) is 5.45 Å². The molecule has 0 aliphatic carbocycles. The van der Waals surface area contributed by atoms with Crippen LogP contribution in [0.2, 0.25) is 0 Å². The summed E-state index contributed by atoms with van der Waals surface area (Å²) in [6.45, 7) is 8.43. The molecule has 0 unspecified atom stereocenters. The fourth-order valence-electron chi connectivity index (χ4n) is 9.30. The molecule has 0 saturated heterocycles. The Kier molecular flexibility index (Phi) is 10.3. The zero-order chi connectivity index (χ0) is 44.9. The number of aromatic amines is 2. The van der Waals surface area contributed by atoms with Crippen LogP contribution in [-0.2, 0) is 4.57 Å². The summed E-state index contributed by atoms with van der Waals surface area (Å²) in [5.74, 6) is 0. The van der Waals surface area contributed by atoms with E-state index in [9.17, 15) is 0 Å². The zero-order valence-electron chi connectivity index (χ0n) is 37.3. The summed E-state index contributed by atoms with van der Waals surface area (Å²) in [7, 11) is -3.66. The summed E-state index contributed by atoms with van der Waals surface area (Å²) in [6, 6.07) is 65.0. The topological polar surface area (TPSA) is 73.9 Å². The Labute approximate surface area is 385 Å². The van der Waals surface area contributed by atoms with Crippen molar-refractivity contribution in [1.82, 2.24) is 15.0 Å². The Morgan fingerprint density at radius 1 is 0.394 bits per heavy atom. The van der Waals surface area contributed by atoms with Gasteiger partial charge in [0.05, 0.1) is 17.1 Å². The molecule has 0 saturated carbocycles. The molecule has 0 atom stereocenters. The van der Waals surface area contributed by atoms with Crippen molar-refractivity contribution in [1.29, 1.82) is 0 Å². The molecule has 0 spiro atoms. The monoisotopic (exact) mass is 870 g/mol. The highest BCUT2D eigenvalue weighted by atomic mass is 31.2. The number of rotatable bonds is 7. The van der Waals surface area contributed by atoms with Gasteiger partial charge in [-0.05, 0) is 92.4 Å². The molecule has 3 aromatic heterocycles. The maximum absolute atomic E-state index is 16.8. The maximum Gasteiger partial charge on any atom is 0.189 e. The van der Waals surface area contributed by atoms with Gasteiger partial charge in [-0.2, -0.15) is 0 Å². The lowest BCUT2D eigenvalue weighted by atomic mass is 9.99. The van der Waals surface area contributed by atoms with Crippen LogP contribution in [0.5, 0.6) is 0 Å². The summed E-state index contributed by atoms with van der Waals surface area (Å²) in [5, 5.41) is 1.43. The van der Waals surface area contributed by atoms with Crippen molar-refractivity contribution < 1.29 is 4.57 Å². The second-order valence-electron chi connectivity index (χ2n) is 17.4. The van der Waals surface area contributed by atoms with E-state index in [1.807, 2.05) is 60.7 Å². The van der Waals surface area contributed by atoms with Gasteiger partial charge >= 0.3 is 0 Å². The van der Waals surface area contributed by atoms with Crippen molar-refractivity contribution in [3.05, 3.63) is 227 Å². The van der Waals surface area contributed by atoms with Crippen LogP contribution in [0.3, 0.4) is 0 Å². The molecular formula is C60H47N4OP. The Hall–Kier alpha value is -7.85. The van der Waals surface area contributed by atoms with Crippen molar-refractivity contribution in [3.63, 3.8) is 0 Å². The fourth-order valence-corrected chi connectivity index (χ4v) is 12.0. The molecule has 8 bridgehead atoms. The van der Waals surface area contributed by atoms with Crippen LogP contribution in [0.1, 0.15) is 39.2 Å². The number of nitrogens with zero attached hydrogens (tertiary/aromatic N) is 2. The molecule has 0 fully saturated rings. The minimum absolute atomic E-state index is 0.527. The highest BCUT2D eigenvalue weighted by Crippen LogP contribution is 2.54. The third-order valence-electron chi connectivity index (χ3n) is 12.8. The van der Waals surface area contributed by atoms with E-state index in [-0.39, 0.29) is 0 Å². The van der Waals surface area contributed by atoms with Gasteiger partial charge in [0.2, 0.25) is 0 Å². The van der Waals surface area contributed by atoms with Gasteiger partial charge in [0.25, 0.3) is 0 Å². The Morgan fingerprint density at radius 3 is 1.15 bits per heavy atom. The number of aryl methyl sites for hydroxylation is 4. The van der Waals surface area contributed by atoms with Crippen molar-refractivity contribution >= 4 is 63.1 Å². The molecule has 5 nitrogen and oxygen atoms in total. The first-order valence-corrected chi connectivity index (χ1v) is 24.1. The summed E-state index contributed by atoms with van der Waals surface area (Å²) in [6.07, 6.45) is 4.27. The number of aliphatic imine (C=N–C) groups is 1. The zero-order valence-corrected chi connectivity index (χ0v) is 38.2. The van der Waals surface area contributed by atoms with Gasteiger partial charge in [-0.15, -0.1) is 0 Å². The van der Waals surface area contributed by atoms with Crippen LogP contribution < -0.4 is 10.6 Å². The van der Waals surface area contributed by atoms with Gasteiger partial charge in [0.15, 0.2) is 7.14 Å². The smallest absolute Gasteiger partial charge is 0.189 e. The molecule has 2 aliphatic rings. The predicted molar refractivity (Wildman–Crippen MR) is 279 cm³/mol. The normalized spacial score (nSPS) is 12.3. The Balaban J connectivity index is 1.37. The van der Waals surface area contributed by atoms with Crippen molar-refractivity contribution in [2.24, 2.45) is 4.99 Å². The lowest BCUT2D eigenvalue weighted by Crippen LogP contribution is -2.22. The van der Waals surface area contributed by atoms with E-state index < -0.39 is 7.14 Å². The van der Waals surface area contributed by atoms with Crippen molar-refractivity contribution in [3.8, 4) is 44.5 Å². The summed E-state index contributed by atoms with van der Waals surface area (Å²) in [4.78, 5) is 19.0. The molecule has 6 heteroatoms. The standard InChI is InChI=1S/C60H47N4OP/c1-38-15-23-42(24-16-38)56-48-37-55(64-60(48)66(65,46-11-7-5-8-12-46)47-13-9-6-10-14-47)59(45-29-21-41(4)22-30-45)54-36-35-53(63-54)58(44-27-19-40(3)20-28-44)52-34-33-51(62-52)57(50-32-31-49(56)61-50)43-25-17-39(2)18-26-43/h5-37,61,63H,1-4H3. The number of benzene rings is 6. The van der Waals surface area contributed by atoms with Gasteiger partial charge in [-0.25, -0.2) is 9.98 Å². The largest absolute Gasteiger partial charge is 0.354 e. The number of fused-ring (bicyclic) bond motifs is 8. The van der Waals surface area contributed by atoms with E-state index in [2.05, 4.69) is 177 Å². The van der Waals surface area contributed by atoms with Crippen molar-refractivity contribution in [2.75, 3.05) is 0 Å². The minimum Gasteiger partial charge on any atom is -0.354 e. The van der Waals surface area contributed by atoms with E-state index in [1.165, 1.54) is 11.1 Å². The highest BCUT2D eigenvalue weighted by Gasteiger charge is 2.38. The minimum atomic E-state index is -3.66. The molecule has 6 aromatic carbocycles. The molecule has 0 radical (unpaired) electrons. The molecule has 318 valence electrons. The molecule has 2 N–H and O–H groups in total. The van der Waals surface area contributed by atoms with E-state index in [1.54, 1.807) is 0 Å². The van der Waals surface area contributed by atoms with Crippen LogP contribution in [0, 0.1) is 27.7 Å². The lowest BCUT2D eigenvalue weighted by molar-refractivity contribution is 0.593. The number of H-pyrrole nitrogens is 2. The third kappa shape index (κ3) is 7.28. The molecule has 66 heavy (non-hydrogen) atoms. The van der Waals surface area contributed by atoms with Crippen LogP contribution in [0.15, 0.2) is 193 Å². The molecule has 9 aromatic rings. The van der Waals surface area contributed by atoms with Gasteiger partial charge in [-0.3, -0.25) is 0 Å². The van der Waals surface area contributed by atoms with E-state index in [0.29, 0.717) is 21.7 Å². The molecule has 5 heterocycles. The van der Waals surface area contributed by atoms with E-state index in [4.69, 9.17) is 9.98 Å². The molecule has 0 amide bonds. The van der Waals surface area contributed by atoms with Crippen LogP contribution in [0.4, 0.5) is 5.69 Å². The molecule has 11 rings (SSSR count). The Bertz CT molecular complexity index is 3560. The maximum atomic E-state index is 16.8. The number of nitrogens with one attached hydrogen (secondary N) is 2. The van der Waals surface area contributed by atoms with Gasteiger partial charge in [0, 0.05) is 60.5 Å². The third-order valence-corrected chi connectivity index (χ3v) is 15.8. The summed E-state index contributed by atoms with van der Waals surface area (Å²) < 4.78 is 16.8. The second-order valence-corrected chi connectivity index (χ2v) is 20.1. The first kappa shape index (κ1) is 40.9. The average Bonchev–Trinajstić information content (AvgIpc) is 4.20. The first-order valence-electron chi connectivity index (χ1n) is 22.4. The van der Waals surface area contributed by atoms with Crippen LogP contribution in [-0.4, -0.2) is 20.4 Å². The average molecular weight is 871 g/mol. The SMILES string of the molecule is Cc1ccc(-c2c3cc(c(-c4ccc(C)cc4)c4ccc([nH]4)c(-c4ccc(C)cc4)c4nc(c(-c5ccc(C)cc5)c5ccc2[nH]5)C=C4)C(P(=O)(c2ccccc2)c2ccccc2)=N3)cc1. The molecule has 2 aliphatic heterocycles. The van der Waals surface area contributed by atoms with E-state index >= 15 is 4.57 Å². The van der Waals surface area contributed by atoms with Crippen LogP contribution in [0.25, 0.3) is 78.7 Å². The summed E-state index contributed by atoms with van der Waals surface area (Å²) >= 11 is 0. The van der Waals surface area contributed by atoms with Crippen molar-refractivity contribution in [2.45, 2.75) is 27.7 Å². The fraction of sp³-hybridized carbons (Fsp3) is 0.0667. The lowest BCUT2D eigenvalue weighted by Gasteiger charge is -2.21. The summed E-state index contributed by atoms with van der Waals surface area (Å²) in [5.41, 5.74) is 19.8. The van der Waals surface area contributed by atoms with Crippen LogP contribution >= 0.6 is 7.14 Å². The predicted octanol–water partition coefficient (Wildman–Crippen LogP) is 15.1. The first-order chi connectivity index (χ1) is 32.2. The van der Waals surface area contributed by atoms with E-state index in [0.717, 1.165) is 94.7 Å². The second kappa shape index (κ2) is 16.6. The quantitative estimate of drug-likeness (QED) is 0.157. The molecular weight excluding hydrogens is 824 g/mol. The Morgan fingerprint density at radius 2 is 0.742 bits per heavy atom. The number of hydrogen-bond acceptors (Lipinski definition) is 3. The van der Waals surface area contributed by atoms with Gasteiger partial charge < -0.3 is 14.5 Å².